The fraction of sp³-hybridized carbons (Fsp3) is 0. The minimum atomic E-state index is 0. The predicted octanol–water partition coefficient (Wildman–Crippen LogP) is -5.93. The molecular weight excluding hydrogens is 168 g/mol. The molecule has 0 aliphatic heterocycles. The largest absolute Gasteiger partial charge is 2.00 e. The van der Waals surface area contributed by atoms with Gasteiger partial charge >= 0.3 is 71.5 Å². The van der Waals surface area contributed by atoms with Crippen molar-refractivity contribution >= 4 is 23.1 Å². The van der Waals surface area contributed by atoms with Gasteiger partial charge in [-0.2, -0.15) is 0 Å². The maximum absolute atomic E-state index is 0. The Morgan fingerprint density at radius 1 is 1.20 bits per heavy atom. The van der Waals surface area contributed by atoms with E-state index >= 15 is 0 Å². The van der Waals surface area contributed by atoms with Crippen molar-refractivity contribution in [1.82, 2.24) is 0 Å². The third-order valence-electron chi connectivity index (χ3n) is 0. The first kappa shape index (κ1) is 40.0. The molecule has 5 heteroatoms. The summed E-state index contributed by atoms with van der Waals surface area (Å²) in [4.78, 5) is 0. The van der Waals surface area contributed by atoms with Gasteiger partial charge in [0, 0.05) is 33.6 Å². The maximum Gasteiger partial charge on any atom is 2.00 e. The first-order valence-electron chi connectivity index (χ1n) is 0. The average molecular weight is 172 g/mol. The molecule has 0 bridgehead atoms. The minimum absolute atomic E-state index is 0. The number of hydrogen-bond donors (Lipinski definition) is 0. The fourth-order valence-electron chi connectivity index (χ4n) is 0. The Morgan fingerprint density at radius 3 is 1.20 bits per heavy atom. The first-order valence-corrected chi connectivity index (χ1v) is 0. The summed E-state index contributed by atoms with van der Waals surface area (Å²) >= 11 is 0. The standard InChI is InChI=1S/Li.Mg.Mn.Na.Ni.4H/q+1;+2;;+1;;4*-1. The van der Waals surface area contributed by atoms with E-state index in [1.165, 1.54) is 0 Å². The van der Waals surface area contributed by atoms with E-state index in [4.69, 9.17) is 0 Å². The molecule has 0 aliphatic rings. The third-order valence-corrected chi connectivity index (χ3v) is 0. The molecule has 25 valence electrons. The van der Waals surface area contributed by atoms with Gasteiger partial charge in [-0.25, -0.2) is 0 Å². The predicted molar refractivity (Wildman–Crippen MR) is 10.2 cm³/mol. The van der Waals surface area contributed by atoms with Crippen LogP contribution in [0.5, 0.6) is 0 Å². The van der Waals surface area contributed by atoms with Crippen molar-refractivity contribution in [2.75, 3.05) is 0 Å². The SMILES string of the molecule is [H-].[H-].[H-].[H-].[Li+].[Mg+2].[Mn].[Na+].[Ni]. The van der Waals surface area contributed by atoms with Gasteiger partial charge in [0.2, 0.25) is 0 Å². The molecule has 0 amide bonds. The van der Waals surface area contributed by atoms with Crippen LogP contribution in [0, 0.1) is 0 Å². The van der Waals surface area contributed by atoms with Crippen LogP contribution < -0.4 is 48.4 Å². The van der Waals surface area contributed by atoms with Gasteiger partial charge < -0.3 is 5.71 Å². The van der Waals surface area contributed by atoms with Crippen LogP contribution in [-0.2, 0) is 33.6 Å². The van der Waals surface area contributed by atoms with Crippen LogP contribution in [0.4, 0.5) is 0 Å². The van der Waals surface area contributed by atoms with Gasteiger partial charge in [0.25, 0.3) is 0 Å². The Morgan fingerprint density at radius 2 is 1.20 bits per heavy atom. The molecule has 0 fully saturated rings. The molecule has 0 unspecified atom stereocenters. The molecule has 0 aliphatic carbocycles. The van der Waals surface area contributed by atoms with Gasteiger partial charge in [0.15, 0.2) is 0 Å². The molecule has 0 rings (SSSR count). The van der Waals surface area contributed by atoms with E-state index < -0.39 is 0 Å². The maximum atomic E-state index is 0. The van der Waals surface area contributed by atoms with E-state index in [-0.39, 0.29) is 111 Å². The van der Waals surface area contributed by atoms with E-state index in [2.05, 4.69) is 0 Å². The van der Waals surface area contributed by atoms with Crippen molar-refractivity contribution in [2.45, 2.75) is 0 Å². The molecular formula is H4LiMgMnNaNi. The molecule has 0 N–H and O–H groups in total. The van der Waals surface area contributed by atoms with Gasteiger partial charge in [-0.3, -0.25) is 0 Å². The zero-order valence-corrected chi connectivity index (χ0v) is 8.98. The summed E-state index contributed by atoms with van der Waals surface area (Å²) in [6, 6.07) is 0. The van der Waals surface area contributed by atoms with Gasteiger partial charge in [-0.05, 0) is 0 Å². The summed E-state index contributed by atoms with van der Waals surface area (Å²) in [5.41, 5.74) is 0. The van der Waals surface area contributed by atoms with Crippen LogP contribution in [0.15, 0.2) is 0 Å². The van der Waals surface area contributed by atoms with Crippen molar-refractivity contribution in [3.8, 4) is 0 Å². The van der Waals surface area contributed by atoms with E-state index in [1.54, 1.807) is 0 Å². The second-order valence-corrected chi connectivity index (χ2v) is 0. The van der Waals surface area contributed by atoms with Crippen LogP contribution >= 0.6 is 0 Å². The Hall–Kier alpha value is 3.38. The van der Waals surface area contributed by atoms with Crippen molar-refractivity contribution in [2.24, 2.45) is 0 Å². The van der Waals surface area contributed by atoms with Crippen molar-refractivity contribution in [3.63, 3.8) is 0 Å². The van der Waals surface area contributed by atoms with Crippen LogP contribution in [0.25, 0.3) is 0 Å². The molecule has 0 aromatic heterocycles. The van der Waals surface area contributed by atoms with Crippen molar-refractivity contribution in [1.29, 1.82) is 0 Å². The molecule has 0 atom stereocenters. The van der Waals surface area contributed by atoms with Crippen LogP contribution in [0.3, 0.4) is 0 Å². The van der Waals surface area contributed by atoms with Crippen LogP contribution in [0.1, 0.15) is 5.71 Å². The van der Waals surface area contributed by atoms with Gasteiger partial charge in [0.1, 0.15) is 0 Å². The Bertz CT molecular complexity index is 20.5. The van der Waals surface area contributed by atoms with E-state index in [0.29, 0.717) is 0 Å². The van der Waals surface area contributed by atoms with E-state index in [1.807, 2.05) is 0 Å². The Labute approximate surface area is 109 Å². The van der Waals surface area contributed by atoms with Gasteiger partial charge in [-0.15, -0.1) is 0 Å². The fourth-order valence-corrected chi connectivity index (χ4v) is 0. The topological polar surface area (TPSA) is 0 Å². The second kappa shape index (κ2) is 26.3. The van der Waals surface area contributed by atoms with Crippen LogP contribution in [-0.4, -0.2) is 23.1 Å². The monoisotopic (exact) mass is 171 g/mol. The first-order chi connectivity index (χ1) is 0. The van der Waals surface area contributed by atoms with Crippen molar-refractivity contribution < 1.29 is 87.7 Å². The minimum Gasteiger partial charge on any atom is -1.00 e. The molecule has 0 saturated heterocycles. The zero-order valence-electron chi connectivity index (χ0n) is 7.40. The summed E-state index contributed by atoms with van der Waals surface area (Å²) in [7, 11) is 0. The van der Waals surface area contributed by atoms with Gasteiger partial charge in [0.05, 0.1) is 0 Å². The summed E-state index contributed by atoms with van der Waals surface area (Å²) < 4.78 is 0. The average Bonchev–Trinajstić information content (AvgIpc) is 0. The van der Waals surface area contributed by atoms with Crippen molar-refractivity contribution in [3.05, 3.63) is 0 Å². The molecule has 1 radical (unpaired) electrons. The molecule has 5 heavy (non-hydrogen) atoms. The smallest absolute Gasteiger partial charge is 1.00 e. The number of hydrogen-bond acceptors (Lipinski definition) is 0. The van der Waals surface area contributed by atoms with Crippen LogP contribution in [0.2, 0.25) is 0 Å². The van der Waals surface area contributed by atoms with E-state index in [0.717, 1.165) is 0 Å². The van der Waals surface area contributed by atoms with Gasteiger partial charge in [-0.1, -0.05) is 0 Å². The normalized spacial score (nSPS) is 0. The molecule has 0 spiro atoms. The Balaban J connectivity index is 0. The molecule has 0 aromatic rings. The summed E-state index contributed by atoms with van der Waals surface area (Å²) in [6.07, 6.45) is 0. The molecule has 0 heterocycles. The summed E-state index contributed by atoms with van der Waals surface area (Å²) in [5, 5.41) is 0. The molecule has 0 aromatic carbocycles. The quantitative estimate of drug-likeness (QED) is 0.319. The molecule has 0 saturated carbocycles. The zero-order chi connectivity index (χ0) is 0. The number of rotatable bonds is 0. The Kier molecular flexibility index (Phi) is 210. The summed E-state index contributed by atoms with van der Waals surface area (Å²) in [5.74, 6) is 0. The molecule has 0 nitrogen and oxygen atoms in total. The summed E-state index contributed by atoms with van der Waals surface area (Å²) in [6.45, 7) is 0. The second-order valence-electron chi connectivity index (χ2n) is 0. The third kappa shape index (κ3) is 18.7. The van der Waals surface area contributed by atoms with E-state index in [9.17, 15) is 0 Å².